The zero-order valence-electron chi connectivity index (χ0n) is 15.7. The van der Waals surface area contributed by atoms with Gasteiger partial charge in [-0.3, -0.25) is 4.90 Å². The third-order valence-corrected chi connectivity index (χ3v) is 5.64. The number of nitrogen functional groups attached to an aromatic ring is 1. The van der Waals surface area contributed by atoms with Crippen molar-refractivity contribution in [3.05, 3.63) is 46.6 Å². The quantitative estimate of drug-likeness (QED) is 0.866. The average Bonchev–Trinajstić information content (AvgIpc) is 2.87. The summed E-state index contributed by atoms with van der Waals surface area (Å²) in [6.45, 7) is 3.86. The van der Waals surface area contributed by atoms with E-state index in [1.54, 1.807) is 0 Å². The van der Waals surface area contributed by atoms with Gasteiger partial charge < -0.3 is 16.0 Å². The van der Waals surface area contributed by atoms with E-state index in [4.69, 9.17) is 5.73 Å². The van der Waals surface area contributed by atoms with Gasteiger partial charge in [0.15, 0.2) is 0 Å². The first-order chi connectivity index (χ1) is 12.6. The number of aromatic nitrogens is 2. The van der Waals surface area contributed by atoms with Crippen molar-refractivity contribution in [3.63, 3.8) is 0 Å². The number of benzene rings is 1. The van der Waals surface area contributed by atoms with Gasteiger partial charge in [-0.1, -0.05) is 24.3 Å². The van der Waals surface area contributed by atoms with Crippen molar-refractivity contribution in [2.45, 2.75) is 31.8 Å². The molecule has 1 aromatic heterocycles. The van der Waals surface area contributed by atoms with Crippen LogP contribution in [-0.4, -0.2) is 54.6 Å². The van der Waals surface area contributed by atoms with Crippen molar-refractivity contribution >= 4 is 11.8 Å². The topological polar surface area (TPSA) is 70.3 Å². The largest absolute Gasteiger partial charge is 0.368 e. The number of fused-ring (bicyclic) bond motifs is 2. The van der Waals surface area contributed by atoms with Crippen LogP contribution in [-0.2, 0) is 25.8 Å². The molecule has 6 heteroatoms. The summed E-state index contributed by atoms with van der Waals surface area (Å²) in [5.74, 6) is 1.39. The van der Waals surface area contributed by atoms with Crippen molar-refractivity contribution in [2.75, 3.05) is 44.4 Å². The average molecular weight is 352 g/mol. The second-order valence-corrected chi connectivity index (χ2v) is 7.50. The molecule has 138 valence electrons. The lowest BCUT2D eigenvalue weighted by atomic mass is 9.94. The molecule has 0 aliphatic carbocycles. The van der Waals surface area contributed by atoms with Crippen molar-refractivity contribution in [2.24, 2.45) is 0 Å². The maximum absolute atomic E-state index is 6.02. The first-order valence-corrected chi connectivity index (χ1v) is 9.46. The maximum Gasteiger partial charge on any atom is 0.222 e. The smallest absolute Gasteiger partial charge is 0.222 e. The number of anilines is 2. The molecule has 26 heavy (non-hydrogen) atoms. The second-order valence-electron chi connectivity index (χ2n) is 7.50. The number of rotatable bonds is 3. The number of nitrogens with one attached hydrogen (secondary N) is 1. The predicted octanol–water partition coefficient (Wildman–Crippen LogP) is 1.24. The molecule has 0 spiro atoms. The zero-order chi connectivity index (χ0) is 18.1. The molecule has 1 aromatic carbocycles. The predicted molar refractivity (Wildman–Crippen MR) is 105 cm³/mol. The Morgan fingerprint density at radius 3 is 2.81 bits per heavy atom. The van der Waals surface area contributed by atoms with Gasteiger partial charge >= 0.3 is 0 Å². The molecular formula is C20H28N6. The highest BCUT2D eigenvalue weighted by Crippen LogP contribution is 2.26. The van der Waals surface area contributed by atoms with Gasteiger partial charge in [-0.05, 0) is 37.6 Å². The molecule has 0 bridgehead atoms. The lowest BCUT2D eigenvalue weighted by molar-refractivity contribution is 0.219. The highest BCUT2D eigenvalue weighted by Gasteiger charge is 2.26. The molecule has 0 radical (unpaired) electrons. The van der Waals surface area contributed by atoms with Crippen LogP contribution in [0.4, 0.5) is 11.8 Å². The van der Waals surface area contributed by atoms with Crippen molar-refractivity contribution < 1.29 is 0 Å². The number of hydrogen-bond acceptors (Lipinski definition) is 6. The van der Waals surface area contributed by atoms with Crippen LogP contribution in [0.15, 0.2) is 24.3 Å². The SMILES string of the molecule is CN(C[C@@H]1Cc2ccccc2CN1C)c1nc(N)nc2c1CCNCC2. The Morgan fingerprint density at radius 2 is 1.96 bits per heavy atom. The van der Waals surface area contributed by atoms with Crippen LogP contribution in [0, 0.1) is 0 Å². The molecule has 2 aliphatic heterocycles. The fourth-order valence-electron chi connectivity index (χ4n) is 4.18. The molecule has 6 nitrogen and oxygen atoms in total. The molecule has 0 fully saturated rings. The number of nitrogens with two attached hydrogens (primary N) is 1. The number of nitrogens with zero attached hydrogens (tertiary/aromatic N) is 4. The Hall–Kier alpha value is -2.18. The molecule has 1 atom stereocenters. The Bertz CT molecular complexity index is 790. The minimum atomic E-state index is 0.384. The van der Waals surface area contributed by atoms with E-state index >= 15 is 0 Å². The van der Waals surface area contributed by atoms with Gasteiger partial charge in [-0.2, -0.15) is 4.98 Å². The number of hydrogen-bond donors (Lipinski definition) is 2. The first-order valence-electron chi connectivity index (χ1n) is 9.46. The minimum absolute atomic E-state index is 0.384. The van der Waals surface area contributed by atoms with Crippen LogP contribution in [0.3, 0.4) is 0 Å². The molecule has 0 saturated heterocycles. The van der Waals surface area contributed by atoms with E-state index in [2.05, 4.69) is 63.4 Å². The van der Waals surface area contributed by atoms with Gasteiger partial charge in [-0.15, -0.1) is 0 Å². The monoisotopic (exact) mass is 352 g/mol. The van der Waals surface area contributed by atoms with E-state index in [1.165, 1.54) is 16.7 Å². The van der Waals surface area contributed by atoms with Gasteiger partial charge in [0, 0.05) is 44.7 Å². The summed E-state index contributed by atoms with van der Waals surface area (Å²) in [6, 6.07) is 9.24. The first kappa shape index (κ1) is 17.2. The van der Waals surface area contributed by atoms with Crippen molar-refractivity contribution in [3.8, 4) is 0 Å². The van der Waals surface area contributed by atoms with Crippen LogP contribution in [0.5, 0.6) is 0 Å². The molecular weight excluding hydrogens is 324 g/mol. The Balaban J connectivity index is 1.57. The van der Waals surface area contributed by atoms with Gasteiger partial charge in [0.05, 0.1) is 5.69 Å². The molecule has 0 unspecified atom stereocenters. The van der Waals surface area contributed by atoms with Crippen LogP contribution in [0.1, 0.15) is 22.4 Å². The standard InChI is InChI=1S/C20H28N6/c1-25-12-15-6-4-3-5-14(15)11-16(25)13-26(2)19-17-7-9-22-10-8-18(17)23-20(21)24-19/h3-6,16,22H,7-13H2,1-2H3,(H2,21,23,24)/t16-/m0/s1. The van der Waals surface area contributed by atoms with E-state index in [0.717, 1.165) is 57.0 Å². The van der Waals surface area contributed by atoms with E-state index in [-0.39, 0.29) is 0 Å². The van der Waals surface area contributed by atoms with E-state index in [9.17, 15) is 0 Å². The normalized spacial score (nSPS) is 20.2. The van der Waals surface area contributed by atoms with E-state index in [0.29, 0.717) is 12.0 Å². The molecule has 2 aliphatic rings. The fraction of sp³-hybridized carbons (Fsp3) is 0.500. The summed E-state index contributed by atoms with van der Waals surface area (Å²) in [5, 5.41) is 3.44. The zero-order valence-corrected chi connectivity index (χ0v) is 15.7. The van der Waals surface area contributed by atoms with Crippen molar-refractivity contribution in [1.29, 1.82) is 0 Å². The van der Waals surface area contributed by atoms with Crippen molar-refractivity contribution in [1.82, 2.24) is 20.2 Å². The lowest BCUT2D eigenvalue weighted by Crippen LogP contribution is -2.45. The Labute approximate surface area is 155 Å². The Kier molecular flexibility index (Phi) is 4.78. The summed E-state index contributed by atoms with van der Waals surface area (Å²) in [4.78, 5) is 13.8. The molecule has 2 aromatic rings. The number of likely N-dealkylation sites (N-methyl/N-ethyl adjacent to an activating group) is 2. The molecule has 4 rings (SSSR count). The van der Waals surface area contributed by atoms with Crippen LogP contribution in [0.2, 0.25) is 0 Å². The molecule has 3 heterocycles. The van der Waals surface area contributed by atoms with Gasteiger partial charge in [-0.25, -0.2) is 4.98 Å². The Morgan fingerprint density at radius 1 is 1.19 bits per heavy atom. The van der Waals surface area contributed by atoms with Crippen LogP contribution < -0.4 is 16.0 Å². The van der Waals surface area contributed by atoms with Gasteiger partial charge in [0.1, 0.15) is 5.82 Å². The third-order valence-electron chi connectivity index (χ3n) is 5.64. The minimum Gasteiger partial charge on any atom is -0.368 e. The van der Waals surface area contributed by atoms with Crippen LogP contribution >= 0.6 is 0 Å². The fourth-order valence-corrected chi connectivity index (χ4v) is 4.18. The second kappa shape index (κ2) is 7.21. The summed E-state index contributed by atoms with van der Waals surface area (Å²) >= 11 is 0. The summed E-state index contributed by atoms with van der Waals surface area (Å²) in [5.41, 5.74) is 11.3. The van der Waals surface area contributed by atoms with Gasteiger partial charge in [0.25, 0.3) is 0 Å². The van der Waals surface area contributed by atoms with Gasteiger partial charge in [0.2, 0.25) is 5.95 Å². The lowest BCUT2D eigenvalue weighted by Gasteiger charge is -2.37. The summed E-state index contributed by atoms with van der Waals surface area (Å²) in [7, 11) is 4.35. The van der Waals surface area contributed by atoms with Crippen LogP contribution in [0.25, 0.3) is 0 Å². The summed E-state index contributed by atoms with van der Waals surface area (Å²) in [6.07, 6.45) is 2.94. The van der Waals surface area contributed by atoms with E-state index < -0.39 is 0 Å². The van der Waals surface area contributed by atoms with E-state index in [1.807, 2.05) is 0 Å². The molecule has 0 saturated carbocycles. The third kappa shape index (κ3) is 3.39. The summed E-state index contributed by atoms with van der Waals surface area (Å²) < 4.78 is 0. The highest BCUT2D eigenvalue weighted by molar-refractivity contribution is 5.52. The highest BCUT2D eigenvalue weighted by atomic mass is 15.2. The molecule has 0 amide bonds. The maximum atomic E-state index is 6.02. The molecule has 3 N–H and O–H groups in total.